The van der Waals surface area contributed by atoms with E-state index in [9.17, 15) is 9.59 Å². The average molecular weight is 264 g/mol. The number of hydrogen-bond acceptors (Lipinski definition) is 4. The summed E-state index contributed by atoms with van der Waals surface area (Å²) in [6.07, 6.45) is 0.167. The fraction of sp³-hybridized carbons (Fsp3) is 0.429. The highest BCUT2D eigenvalue weighted by Crippen LogP contribution is 2.17. The molecule has 0 aliphatic heterocycles. The Morgan fingerprint density at radius 2 is 1.95 bits per heavy atom. The summed E-state index contributed by atoms with van der Waals surface area (Å²) in [6.45, 7) is 6.09. The number of carbonyl (C=O) groups excluding carboxylic acids is 2. The molecule has 0 saturated heterocycles. The molecule has 0 aliphatic rings. The molecule has 0 unspecified atom stereocenters. The first-order chi connectivity index (χ1) is 8.95. The normalized spacial score (nSPS) is 10.1. The maximum atomic E-state index is 11.9. The van der Waals surface area contributed by atoms with E-state index >= 15 is 0 Å². The Morgan fingerprint density at radius 3 is 2.58 bits per heavy atom. The van der Waals surface area contributed by atoms with Crippen molar-refractivity contribution in [1.29, 1.82) is 0 Å². The summed E-state index contributed by atoms with van der Waals surface area (Å²) < 4.78 is 4.78. The van der Waals surface area contributed by atoms with Crippen molar-refractivity contribution in [1.82, 2.24) is 5.32 Å². The van der Waals surface area contributed by atoms with Crippen LogP contribution in [0.2, 0.25) is 0 Å². The molecule has 5 heteroatoms. The summed E-state index contributed by atoms with van der Waals surface area (Å²) in [7, 11) is 0. The molecule has 0 heterocycles. The molecule has 5 nitrogen and oxygen atoms in total. The molecule has 104 valence electrons. The Bertz CT molecular complexity index is 484. The lowest BCUT2D eigenvalue weighted by atomic mass is 10.0. The van der Waals surface area contributed by atoms with E-state index in [4.69, 9.17) is 10.5 Å². The monoisotopic (exact) mass is 264 g/mol. The Kier molecular flexibility index (Phi) is 5.36. The number of rotatable bonds is 5. The number of amides is 1. The van der Waals surface area contributed by atoms with Crippen LogP contribution >= 0.6 is 0 Å². The van der Waals surface area contributed by atoms with Gasteiger partial charge in [-0.05, 0) is 38.0 Å². The second kappa shape index (κ2) is 6.78. The Hall–Kier alpha value is -2.04. The average Bonchev–Trinajstić information content (AvgIpc) is 2.34. The summed E-state index contributed by atoms with van der Waals surface area (Å²) in [4.78, 5) is 23.1. The molecule has 1 amide bonds. The van der Waals surface area contributed by atoms with Gasteiger partial charge in [-0.2, -0.15) is 0 Å². The van der Waals surface area contributed by atoms with Crippen molar-refractivity contribution in [2.75, 3.05) is 18.9 Å². The van der Waals surface area contributed by atoms with Gasteiger partial charge in [0.2, 0.25) is 0 Å². The third-order valence-electron chi connectivity index (χ3n) is 2.78. The smallest absolute Gasteiger partial charge is 0.307 e. The lowest BCUT2D eigenvalue weighted by molar-refractivity contribution is -0.142. The van der Waals surface area contributed by atoms with E-state index in [-0.39, 0.29) is 24.8 Å². The fourth-order valence-electron chi connectivity index (χ4n) is 1.72. The van der Waals surface area contributed by atoms with Crippen LogP contribution in [0.4, 0.5) is 5.69 Å². The molecule has 1 aromatic rings. The maximum Gasteiger partial charge on any atom is 0.307 e. The topological polar surface area (TPSA) is 81.4 Å². The highest BCUT2D eigenvalue weighted by molar-refractivity contribution is 5.96. The summed E-state index contributed by atoms with van der Waals surface area (Å²) in [5, 5.41) is 2.68. The van der Waals surface area contributed by atoms with Gasteiger partial charge in [0.05, 0.1) is 13.0 Å². The highest BCUT2D eigenvalue weighted by Gasteiger charge is 2.11. The molecule has 0 aliphatic carbocycles. The minimum atomic E-state index is -0.317. The summed E-state index contributed by atoms with van der Waals surface area (Å²) in [5.74, 6) is -0.545. The van der Waals surface area contributed by atoms with Crippen LogP contribution in [0.3, 0.4) is 0 Å². The zero-order chi connectivity index (χ0) is 14.4. The van der Waals surface area contributed by atoms with Crippen LogP contribution in [0.15, 0.2) is 12.1 Å². The molecule has 1 rings (SSSR count). The number of carbonyl (C=O) groups is 2. The predicted molar refractivity (Wildman–Crippen MR) is 73.9 cm³/mol. The summed E-state index contributed by atoms with van der Waals surface area (Å²) in [6, 6.07) is 3.53. The zero-order valence-corrected chi connectivity index (χ0v) is 11.6. The van der Waals surface area contributed by atoms with Gasteiger partial charge in [-0.1, -0.05) is 6.07 Å². The van der Waals surface area contributed by atoms with Crippen molar-refractivity contribution >= 4 is 17.6 Å². The van der Waals surface area contributed by atoms with Crippen LogP contribution in [-0.2, 0) is 9.53 Å². The standard InChI is InChI=1S/C14H20N2O3/c1-4-19-13(17)5-6-16-14(18)11-8-12(15)10(3)7-9(11)2/h7-8H,4-6,15H2,1-3H3,(H,16,18). The molecule has 0 aromatic heterocycles. The van der Waals surface area contributed by atoms with Crippen LogP contribution in [-0.4, -0.2) is 25.0 Å². The van der Waals surface area contributed by atoms with Gasteiger partial charge in [0, 0.05) is 17.8 Å². The molecule has 0 atom stereocenters. The minimum absolute atomic E-state index is 0.167. The van der Waals surface area contributed by atoms with Crippen molar-refractivity contribution < 1.29 is 14.3 Å². The van der Waals surface area contributed by atoms with Crippen LogP contribution in [0.5, 0.6) is 0 Å². The Morgan fingerprint density at radius 1 is 1.26 bits per heavy atom. The van der Waals surface area contributed by atoms with E-state index in [0.717, 1.165) is 11.1 Å². The molecular formula is C14H20N2O3. The third kappa shape index (κ3) is 4.28. The minimum Gasteiger partial charge on any atom is -0.466 e. The second-order valence-electron chi connectivity index (χ2n) is 4.33. The van der Waals surface area contributed by atoms with Crippen LogP contribution in [0, 0.1) is 13.8 Å². The van der Waals surface area contributed by atoms with Crippen molar-refractivity contribution in [3.05, 3.63) is 28.8 Å². The van der Waals surface area contributed by atoms with E-state index in [1.807, 2.05) is 19.9 Å². The van der Waals surface area contributed by atoms with E-state index in [1.165, 1.54) is 0 Å². The molecule has 0 bridgehead atoms. The molecule has 19 heavy (non-hydrogen) atoms. The molecule has 0 spiro atoms. The van der Waals surface area contributed by atoms with Crippen molar-refractivity contribution in [3.63, 3.8) is 0 Å². The van der Waals surface area contributed by atoms with Gasteiger partial charge < -0.3 is 15.8 Å². The van der Waals surface area contributed by atoms with Gasteiger partial charge >= 0.3 is 5.97 Å². The van der Waals surface area contributed by atoms with E-state index in [0.29, 0.717) is 17.9 Å². The largest absolute Gasteiger partial charge is 0.466 e. The van der Waals surface area contributed by atoms with Crippen molar-refractivity contribution in [2.24, 2.45) is 0 Å². The van der Waals surface area contributed by atoms with Crippen molar-refractivity contribution in [2.45, 2.75) is 27.2 Å². The van der Waals surface area contributed by atoms with Gasteiger partial charge in [-0.3, -0.25) is 9.59 Å². The number of nitrogens with two attached hydrogens (primary N) is 1. The van der Waals surface area contributed by atoms with Crippen LogP contribution < -0.4 is 11.1 Å². The Balaban J connectivity index is 2.59. The van der Waals surface area contributed by atoms with Gasteiger partial charge in [0.15, 0.2) is 0 Å². The Labute approximate surface area is 113 Å². The van der Waals surface area contributed by atoms with Gasteiger partial charge in [0.25, 0.3) is 5.91 Å². The van der Waals surface area contributed by atoms with E-state index in [1.54, 1.807) is 13.0 Å². The number of benzene rings is 1. The highest BCUT2D eigenvalue weighted by atomic mass is 16.5. The second-order valence-corrected chi connectivity index (χ2v) is 4.33. The molecule has 1 aromatic carbocycles. The van der Waals surface area contributed by atoms with Gasteiger partial charge in [-0.15, -0.1) is 0 Å². The lowest BCUT2D eigenvalue weighted by Crippen LogP contribution is -2.27. The zero-order valence-electron chi connectivity index (χ0n) is 11.6. The number of ether oxygens (including phenoxy) is 1. The molecule has 0 fully saturated rings. The van der Waals surface area contributed by atoms with Gasteiger partial charge in [-0.25, -0.2) is 0 Å². The van der Waals surface area contributed by atoms with Crippen molar-refractivity contribution in [3.8, 4) is 0 Å². The fourth-order valence-corrected chi connectivity index (χ4v) is 1.72. The van der Waals surface area contributed by atoms with Crippen LogP contribution in [0.1, 0.15) is 34.8 Å². The predicted octanol–water partition coefficient (Wildman–Crippen LogP) is 1.57. The lowest BCUT2D eigenvalue weighted by Gasteiger charge is -2.10. The molecule has 3 N–H and O–H groups in total. The number of esters is 1. The number of hydrogen-bond donors (Lipinski definition) is 2. The van der Waals surface area contributed by atoms with Gasteiger partial charge in [0.1, 0.15) is 0 Å². The summed E-state index contributed by atoms with van der Waals surface area (Å²) >= 11 is 0. The quantitative estimate of drug-likeness (QED) is 0.624. The van der Waals surface area contributed by atoms with E-state index in [2.05, 4.69) is 5.32 Å². The number of anilines is 1. The summed E-state index contributed by atoms with van der Waals surface area (Å²) in [5.41, 5.74) is 8.71. The number of nitrogen functional groups attached to an aromatic ring is 1. The third-order valence-corrected chi connectivity index (χ3v) is 2.78. The molecule has 0 saturated carbocycles. The number of nitrogens with one attached hydrogen (secondary N) is 1. The first-order valence-corrected chi connectivity index (χ1v) is 6.26. The first kappa shape index (κ1) is 15.0. The van der Waals surface area contributed by atoms with E-state index < -0.39 is 0 Å². The SMILES string of the molecule is CCOC(=O)CCNC(=O)c1cc(N)c(C)cc1C. The molecule has 0 radical (unpaired) electrons. The number of aryl methyl sites for hydroxylation is 2. The molecular weight excluding hydrogens is 244 g/mol. The first-order valence-electron chi connectivity index (χ1n) is 6.26. The maximum absolute atomic E-state index is 11.9. The van der Waals surface area contributed by atoms with Crippen LogP contribution in [0.25, 0.3) is 0 Å².